The minimum Gasteiger partial charge on any atom is -0.348 e. The summed E-state index contributed by atoms with van der Waals surface area (Å²) >= 11 is 0. The van der Waals surface area contributed by atoms with Crippen LogP contribution in [0.15, 0.2) is 24.3 Å². The fourth-order valence-corrected chi connectivity index (χ4v) is 3.88. The highest BCUT2D eigenvalue weighted by atomic mass is 32.2. The van der Waals surface area contributed by atoms with E-state index in [4.69, 9.17) is 5.73 Å². The van der Waals surface area contributed by atoms with E-state index in [9.17, 15) is 13.2 Å². The molecule has 1 atom stereocenters. The Labute approximate surface area is 113 Å². The molecule has 1 unspecified atom stereocenters. The van der Waals surface area contributed by atoms with Crippen molar-refractivity contribution in [3.8, 4) is 0 Å². The van der Waals surface area contributed by atoms with Gasteiger partial charge in [0.25, 0.3) is 5.91 Å². The van der Waals surface area contributed by atoms with Crippen LogP contribution >= 0.6 is 0 Å². The zero-order valence-electron chi connectivity index (χ0n) is 10.6. The molecule has 0 bridgehead atoms. The number of carbonyl (C=O) groups excluding carboxylic acids is 1. The molecule has 2 rings (SSSR count). The first kappa shape index (κ1) is 14.0. The van der Waals surface area contributed by atoms with E-state index in [-0.39, 0.29) is 23.5 Å². The minimum absolute atomic E-state index is 0.0370. The third kappa shape index (κ3) is 3.78. The summed E-state index contributed by atoms with van der Waals surface area (Å²) in [5.41, 5.74) is 6.93. The molecule has 1 amide bonds. The second-order valence-corrected chi connectivity index (χ2v) is 7.06. The van der Waals surface area contributed by atoms with Gasteiger partial charge in [0.05, 0.1) is 11.5 Å². The average molecular weight is 282 g/mol. The van der Waals surface area contributed by atoms with E-state index < -0.39 is 9.84 Å². The molecule has 0 aliphatic carbocycles. The smallest absolute Gasteiger partial charge is 0.251 e. The largest absolute Gasteiger partial charge is 0.348 e. The number of carbonyl (C=O) groups is 1. The van der Waals surface area contributed by atoms with E-state index in [0.717, 1.165) is 5.56 Å². The summed E-state index contributed by atoms with van der Waals surface area (Å²) in [6.45, 7) is 0.374. The zero-order valence-corrected chi connectivity index (χ0v) is 11.4. The molecule has 104 valence electrons. The van der Waals surface area contributed by atoms with Gasteiger partial charge in [0.15, 0.2) is 9.84 Å². The molecule has 0 radical (unpaired) electrons. The van der Waals surface area contributed by atoms with Crippen LogP contribution in [0.3, 0.4) is 0 Å². The number of hydrogen-bond donors (Lipinski definition) is 2. The van der Waals surface area contributed by atoms with Crippen LogP contribution in [0.1, 0.15) is 28.8 Å². The molecular formula is C13H18N2O3S. The average Bonchev–Trinajstić information content (AvgIpc) is 2.37. The minimum atomic E-state index is -3.01. The fourth-order valence-electron chi connectivity index (χ4n) is 2.24. The molecule has 0 spiro atoms. The van der Waals surface area contributed by atoms with E-state index in [1.54, 1.807) is 18.2 Å². The first-order valence-electron chi connectivity index (χ1n) is 6.30. The lowest BCUT2D eigenvalue weighted by molar-refractivity contribution is 0.0938. The SMILES string of the molecule is NCc1cccc(C(=O)NC2CCCS(=O)(=O)C2)c1. The summed E-state index contributed by atoms with van der Waals surface area (Å²) in [5.74, 6) is 0.0227. The van der Waals surface area contributed by atoms with Crippen LogP contribution < -0.4 is 11.1 Å². The van der Waals surface area contributed by atoms with E-state index in [2.05, 4.69) is 5.32 Å². The second kappa shape index (κ2) is 5.71. The van der Waals surface area contributed by atoms with Gasteiger partial charge < -0.3 is 11.1 Å². The van der Waals surface area contributed by atoms with Crippen molar-refractivity contribution in [1.29, 1.82) is 0 Å². The number of nitrogens with two attached hydrogens (primary N) is 1. The summed E-state index contributed by atoms with van der Waals surface area (Å²) in [5, 5.41) is 2.78. The van der Waals surface area contributed by atoms with Gasteiger partial charge in [-0.25, -0.2) is 8.42 Å². The molecule has 0 aromatic heterocycles. The van der Waals surface area contributed by atoms with E-state index in [0.29, 0.717) is 24.9 Å². The highest BCUT2D eigenvalue weighted by Gasteiger charge is 2.26. The fraction of sp³-hybridized carbons (Fsp3) is 0.462. The van der Waals surface area contributed by atoms with E-state index >= 15 is 0 Å². The molecule has 1 aromatic rings. The molecule has 1 aliphatic heterocycles. The molecule has 1 heterocycles. The van der Waals surface area contributed by atoms with Crippen LogP contribution in [-0.4, -0.2) is 31.9 Å². The van der Waals surface area contributed by atoms with E-state index in [1.165, 1.54) is 0 Å². The number of sulfone groups is 1. The third-order valence-electron chi connectivity index (χ3n) is 3.22. The first-order chi connectivity index (χ1) is 9.00. The van der Waals surface area contributed by atoms with Gasteiger partial charge in [0, 0.05) is 18.2 Å². The lowest BCUT2D eigenvalue weighted by atomic mass is 10.1. The van der Waals surface area contributed by atoms with Gasteiger partial charge in [-0.2, -0.15) is 0 Å². The Hall–Kier alpha value is -1.40. The highest BCUT2D eigenvalue weighted by molar-refractivity contribution is 7.91. The molecule has 0 saturated carbocycles. The zero-order chi connectivity index (χ0) is 13.9. The Morgan fingerprint density at radius 3 is 2.89 bits per heavy atom. The van der Waals surface area contributed by atoms with Crippen LogP contribution in [0.4, 0.5) is 0 Å². The monoisotopic (exact) mass is 282 g/mol. The van der Waals surface area contributed by atoms with Gasteiger partial charge >= 0.3 is 0 Å². The standard InChI is InChI=1S/C13H18N2O3S/c14-8-10-3-1-4-11(7-10)13(16)15-12-5-2-6-19(17,18)9-12/h1,3-4,7,12H,2,5-6,8-9,14H2,(H,15,16). The van der Waals surface area contributed by atoms with Gasteiger partial charge in [-0.3, -0.25) is 4.79 Å². The van der Waals surface area contributed by atoms with Crippen LogP contribution in [0.5, 0.6) is 0 Å². The first-order valence-corrected chi connectivity index (χ1v) is 8.12. The number of hydrogen-bond acceptors (Lipinski definition) is 4. The predicted octanol–water partition coefficient (Wildman–Crippen LogP) is 0.452. The molecule has 3 N–H and O–H groups in total. The molecule has 1 fully saturated rings. The number of benzene rings is 1. The summed E-state index contributed by atoms with van der Waals surface area (Å²) in [6, 6.07) is 6.77. The van der Waals surface area contributed by atoms with Gasteiger partial charge in [-0.15, -0.1) is 0 Å². The molecule has 1 aliphatic rings. The van der Waals surface area contributed by atoms with Crippen LogP contribution in [0, 0.1) is 0 Å². The van der Waals surface area contributed by atoms with Crippen LogP contribution in [-0.2, 0) is 16.4 Å². The number of amides is 1. The Kier molecular flexibility index (Phi) is 4.21. The number of nitrogens with one attached hydrogen (secondary N) is 1. The van der Waals surface area contributed by atoms with Crippen molar-refractivity contribution in [2.24, 2.45) is 5.73 Å². The van der Waals surface area contributed by atoms with Gasteiger partial charge in [0.2, 0.25) is 0 Å². The molecular weight excluding hydrogens is 264 g/mol. The van der Waals surface area contributed by atoms with Crippen molar-refractivity contribution in [3.05, 3.63) is 35.4 Å². The normalized spacial score (nSPS) is 21.8. The van der Waals surface area contributed by atoms with E-state index in [1.807, 2.05) is 6.07 Å². The summed E-state index contributed by atoms with van der Waals surface area (Å²) < 4.78 is 23.0. The molecule has 5 nitrogen and oxygen atoms in total. The van der Waals surface area contributed by atoms with Crippen LogP contribution in [0.25, 0.3) is 0 Å². The molecule has 1 aromatic carbocycles. The van der Waals surface area contributed by atoms with Crippen molar-refractivity contribution in [1.82, 2.24) is 5.32 Å². The predicted molar refractivity (Wildman–Crippen MR) is 73.5 cm³/mol. The summed E-state index contributed by atoms with van der Waals surface area (Å²) in [7, 11) is -3.01. The van der Waals surface area contributed by atoms with Crippen LogP contribution in [0.2, 0.25) is 0 Å². The lowest BCUT2D eigenvalue weighted by Crippen LogP contribution is -2.43. The topological polar surface area (TPSA) is 89.3 Å². The van der Waals surface area contributed by atoms with Crippen molar-refractivity contribution in [2.45, 2.75) is 25.4 Å². The molecule has 1 saturated heterocycles. The Morgan fingerprint density at radius 2 is 2.21 bits per heavy atom. The van der Waals surface area contributed by atoms with Crippen molar-refractivity contribution < 1.29 is 13.2 Å². The maximum absolute atomic E-state index is 12.0. The number of rotatable bonds is 3. The van der Waals surface area contributed by atoms with Crippen molar-refractivity contribution in [2.75, 3.05) is 11.5 Å². The van der Waals surface area contributed by atoms with Crippen molar-refractivity contribution in [3.63, 3.8) is 0 Å². The Morgan fingerprint density at radius 1 is 1.42 bits per heavy atom. The highest BCUT2D eigenvalue weighted by Crippen LogP contribution is 2.13. The molecule has 6 heteroatoms. The maximum atomic E-state index is 12.0. The Bertz CT molecular complexity index is 569. The lowest BCUT2D eigenvalue weighted by Gasteiger charge is -2.23. The quantitative estimate of drug-likeness (QED) is 0.842. The van der Waals surface area contributed by atoms with Gasteiger partial charge in [-0.1, -0.05) is 12.1 Å². The van der Waals surface area contributed by atoms with Crippen molar-refractivity contribution >= 4 is 15.7 Å². The van der Waals surface area contributed by atoms with Gasteiger partial charge in [0.1, 0.15) is 0 Å². The maximum Gasteiger partial charge on any atom is 0.251 e. The summed E-state index contributed by atoms with van der Waals surface area (Å²) in [6.07, 6.45) is 1.32. The summed E-state index contributed by atoms with van der Waals surface area (Å²) in [4.78, 5) is 12.0. The third-order valence-corrected chi connectivity index (χ3v) is 5.04. The van der Waals surface area contributed by atoms with Gasteiger partial charge in [-0.05, 0) is 30.5 Å². The Balaban J connectivity index is 2.04. The second-order valence-electron chi connectivity index (χ2n) is 4.83. The molecule has 19 heavy (non-hydrogen) atoms.